The highest BCUT2D eigenvalue weighted by atomic mass is 16.5. The lowest BCUT2D eigenvalue weighted by atomic mass is 10.1. The maximum Gasteiger partial charge on any atom is 0.267 e. The molecule has 0 saturated heterocycles. The van der Waals surface area contributed by atoms with Gasteiger partial charge in [0.1, 0.15) is 5.71 Å². The zero-order valence-corrected chi connectivity index (χ0v) is 9.86. The molecule has 2 atom stereocenters. The summed E-state index contributed by atoms with van der Waals surface area (Å²) in [7, 11) is 1.66. The van der Waals surface area contributed by atoms with E-state index in [0.29, 0.717) is 18.6 Å². The van der Waals surface area contributed by atoms with Gasteiger partial charge in [0, 0.05) is 20.0 Å². The van der Waals surface area contributed by atoms with E-state index in [0.717, 1.165) is 19.3 Å². The minimum atomic E-state index is -0.195. The third-order valence-electron chi connectivity index (χ3n) is 3.24. The van der Waals surface area contributed by atoms with Crippen molar-refractivity contribution in [1.29, 1.82) is 0 Å². The van der Waals surface area contributed by atoms with Gasteiger partial charge in [-0.1, -0.05) is 0 Å². The van der Waals surface area contributed by atoms with E-state index in [1.165, 1.54) is 0 Å². The van der Waals surface area contributed by atoms with E-state index < -0.39 is 0 Å². The van der Waals surface area contributed by atoms with Gasteiger partial charge in [0.2, 0.25) is 5.91 Å². The van der Waals surface area contributed by atoms with Gasteiger partial charge in [0.15, 0.2) is 0 Å². The van der Waals surface area contributed by atoms with Crippen molar-refractivity contribution in [3.05, 3.63) is 0 Å². The molecule has 6 nitrogen and oxygen atoms in total. The van der Waals surface area contributed by atoms with E-state index in [9.17, 15) is 9.59 Å². The van der Waals surface area contributed by atoms with Crippen LogP contribution in [0.5, 0.6) is 0 Å². The second-order valence-electron chi connectivity index (χ2n) is 4.38. The van der Waals surface area contributed by atoms with Gasteiger partial charge in [-0.2, -0.15) is 5.10 Å². The Morgan fingerprint density at radius 2 is 2.29 bits per heavy atom. The number of rotatable bonds is 3. The molecule has 17 heavy (non-hydrogen) atoms. The topological polar surface area (TPSA) is 79.8 Å². The molecule has 1 fully saturated rings. The fourth-order valence-electron chi connectivity index (χ4n) is 2.26. The molecule has 2 aliphatic rings. The van der Waals surface area contributed by atoms with E-state index in [2.05, 4.69) is 15.8 Å². The number of hydrazone groups is 1. The van der Waals surface area contributed by atoms with Crippen LogP contribution in [0.2, 0.25) is 0 Å². The number of hydrogen-bond donors (Lipinski definition) is 2. The van der Waals surface area contributed by atoms with Crippen LogP contribution in [0.25, 0.3) is 0 Å². The summed E-state index contributed by atoms with van der Waals surface area (Å²) in [5.41, 5.74) is 2.71. The van der Waals surface area contributed by atoms with Gasteiger partial charge in [0.25, 0.3) is 5.91 Å². The Kier molecular flexibility index (Phi) is 3.73. The van der Waals surface area contributed by atoms with E-state index >= 15 is 0 Å². The van der Waals surface area contributed by atoms with E-state index in [1.807, 2.05) is 0 Å². The highest BCUT2D eigenvalue weighted by Gasteiger charge is 2.30. The molecule has 1 aliphatic heterocycles. The molecule has 2 rings (SSSR count). The summed E-state index contributed by atoms with van der Waals surface area (Å²) in [5.74, 6) is -0.337. The summed E-state index contributed by atoms with van der Waals surface area (Å²) >= 11 is 0. The van der Waals surface area contributed by atoms with Crippen molar-refractivity contribution in [1.82, 2.24) is 10.7 Å². The monoisotopic (exact) mass is 239 g/mol. The number of amides is 2. The van der Waals surface area contributed by atoms with Gasteiger partial charge in [0.05, 0.1) is 12.1 Å². The van der Waals surface area contributed by atoms with Crippen LogP contribution in [0.1, 0.15) is 32.1 Å². The van der Waals surface area contributed by atoms with Crippen LogP contribution >= 0.6 is 0 Å². The summed E-state index contributed by atoms with van der Waals surface area (Å²) in [6.07, 6.45) is 3.80. The first-order chi connectivity index (χ1) is 8.20. The lowest BCUT2D eigenvalue weighted by Crippen LogP contribution is -2.45. The van der Waals surface area contributed by atoms with Gasteiger partial charge in [-0.25, -0.2) is 5.43 Å². The van der Waals surface area contributed by atoms with E-state index in [-0.39, 0.29) is 24.0 Å². The summed E-state index contributed by atoms with van der Waals surface area (Å²) in [6.45, 7) is 0. The quantitative estimate of drug-likeness (QED) is 0.724. The van der Waals surface area contributed by atoms with Crippen molar-refractivity contribution in [2.24, 2.45) is 5.10 Å². The summed E-state index contributed by atoms with van der Waals surface area (Å²) in [5, 5.41) is 6.69. The average molecular weight is 239 g/mol. The van der Waals surface area contributed by atoms with Gasteiger partial charge >= 0.3 is 0 Å². The van der Waals surface area contributed by atoms with Crippen LogP contribution in [0.15, 0.2) is 5.10 Å². The van der Waals surface area contributed by atoms with Gasteiger partial charge in [-0.15, -0.1) is 0 Å². The number of carbonyl (C=O) groups is 2. The molecule has 2 N–H and O–H groups in total. The third-order valence-corrected chi connectivity index (χ3v) is 3.24. The van der Waals surface area contributed by atoms with Gasteiger partial charge < -0.3 is 10.1 Å². The second kappa shape index (κ2) is 5.27. The molecule has 1 aliphatic carbocycles. The van der Waals surface area contributed by atoms with Crippen molar-refractivity contribution in [2.45, 2.75) is 44.2 Å². The normalized spacial score (nSPS) is 28.5. The fraction of sp³-hybridized carbons (Fsp3) is 0.727. The molecule has 0 aromatic heterocycles. The van der Waals surface area contributed by atoms with E-state index in [4.69, 9.17) is 4.74 Å². The zero-order chi connectivity index (χ0) is 12.3. The van der Waals surface area contributed by atoms with Crippen LogP contribution in [-0.2, 0) is 14.3 Å². The fourth-order valence-corrected chi connectivity index (χ4v) is 2.26. The Bertz CT molecular complexity index is 354. The largest absolute Gasteiger partial charge is 0.379 e. The first-order valence-electron chi connectivity index (χ1n) is 5.90. The third kappa shape index (κ3) is 2.82. The van der Waals surface area contributed by atoms with Crippen LogP contribution < -0.4 is 10.7 Å². The molecular formula is C11H17N3O3. The van der Waals surface area contributed by atoms with Crippen LogP contribution in [0.4, 0.5) is 0 Å². The lowest BCUT2D eigenvalue weighted by Gasteiger charge is -2.20. The SMILES string of the molecule is COC1CCCC1NC(=O)C1=NNC(=O)CC1. The predicted octanol–water partition coefficient (Wildman–Crippen LogP) is -0.0639. The van der Waals surface area contributed by atoms with Gasteiger partial charge in [-0.3, -0.25) is 9.59 Å². The molecule has 0 bridgehead atoms. The molecule has 1 saturated carbocycles. The Labute approximate surface area is 99.8 Å². The Morgan fingerprint density at radius 3 is 2.94 bits per heavy atom. The lowest BCUT2D eigenvalue weighted by molar-refractivity contribution is -0.121. The molecule has 0 spiro atoms. The first-order valence-corrected chi connectivity index (χ1v) is 5.90. The zero-order valence-electron chi connectivity index (χ0n) is 9.86. The Hall–Kier alpha value is -1.43. The molecule has 0 aromatic carbocycles. The van der Waals surface area contributed by atoms with Crippen LogP contribution in [0.3, 0.4) is 0 Å². The molecule has 1 heterocycles. The minimum absolute atomic E-state index is 0.0628. The Morgan fingerprint density at radius 1 is 1.47 bits per heavy atom. The summed E-state index contributed by atoms with van der Waals surface area (Å²) < 4.78 is 5.30. The Balaban J connectivity index is 1.90. The van der Waals surface area contributed by atoms with Crippen molar-refractivity contribution in [2.75, 3.05) is 7.11 Å². The predicted molar refractivity (Wildman–Crippen MR) is 61.4 cm³/mol. The summed E-state index contributed by atoms with van der Waals surface area (Å²) in [6, 6.07) is 0.0628. The van der Waals surface area contributed by atoms with Crippen LogP contribution in [0, 0.1) is 0 Å². The first kappa shape index (κ1) is 12.0. The number of nitrogens with zero attached hydrogens (tertiary/aromatic N) is 1. The molecule has 0 radical (unpaired) electrons. The van der Waals surface area contributed by atoms with Crippen molar-refractivity contribution in [3.8, 4) is 0 Å². The molecule has 0 aromatic rings. The number of methoxy groups -OCH3 is 1. The standard InChI is InChI=1S/C11H17N3O3/c1-17-9-4-2-3-7(9)12-11(16)8-5-6-10(15)14-13-8/h7,9H,2-6H2,1H3,(H,12,16)(H,14,15). The highest BCUT2D eigenvalue weighted by molar-refractivity contribution is 6.39. The van der Waals surface area contributed by atoms with Gasteiger partial charge in [-0.05, 0) is 19.3 Å². The van der Waals surface area contributed by atoms with Crippen molar-refractivity contribution < 1.29 is 14.3 Å². The van der Waals surface area contributed by atoms with Crippen LogP contribution in [-0.4, -0.2) is 36.8 Å². The number of hydrogen-bond acceptors (Lipinski definition) is 4. The summed E-state index contributed by atoms with van der Waals surface area (Å²) in [4.78, 5) is 22.8. The number of nitrogens with one attached hydrogen (secondary N) is 2. The van der Waals surface area contributed by atoms with Crippen molar-refractivity contribution in [3.63, 3.8) is 0 Å². The molecule has 94 valence electrons. The highest BCUT2D eigenvalue weighted by Crippen LogP contribution is 2.21. The number of carbonyl (C=O) groups excluding carboxylic acids is 2. The molecular weight excluding hydrogens is 222 g/mol. The molecule has 2 amide bonds. The smallest absolute Gasteiger partial charge is 0.267 e. The maximum atomic E-state index is 11.9. The number of ether oxygens (including phenoxy) is 1. The second-order valence-corrected chi connectivity index (χ2v) is 4.38. The molecule has 6 heteroatoms. The molecule has 2 unspecified atom stereocenters. The maximum absolute atomic E-state index is 11.9. The average Bonchev–Trinajstić information content (AvgIpc) is 2.77. The van der Waals surface area contributed by atoms with E-state index in [1.54, 1.807) is 7.11 Å². The van der Waals surface area contributed by atoms with Crippen molar-refractivity contribution >= 4 is 17.5 Å². The minimum Gasteiger partial charge on any atom is -0.379 e.